The molecule has 2 nitrogen and oxygen atoms in total. The van der Waals surface area contributed by atoms with E-state index in [0.717, 1.165) is 38.5 Å². The van der Waals surface area contributed by atoms with Crippen molar-refractivity contribution in [3.05, 3.63) is 97.7 Å². The summed E-state index contributed by atoms with van der Waals surface area (Å²) in [6, 6.07) is 0. The van der Waals surface area contributed by atoms with Gasteiger partial charge in [0.15, 0.2) is 0 Å². The molecule has 0 aliphatic carbocycles. The summed E-state index contributed by atoms with van der Waals surface area (Å²) in [4.78, 5) is 10.3. The van der Waals surface area contributed by atoms with Crippen LogP contribution in [0.4, 0.5) is 0 Å². The average molecular weight is 353 g/mol. The molecular weight excluding hydrogens is 320 g/mol. The Morgan fingerprint density at radius 2 is 0.885 bits per heavy atom. The van der Waals surface area contributed by atoms with Crippen molar-refractivity contribution < 1.29 is 9.90 Å². The topological polar surface area (TPSA) is 37.3 Å². The molecule has 0 aliphatic rings. The van der Waals surface area contributed by atoms with Gasteiger partial charge < -0.3 is 5.11 Å². The lowest BCUT2D eigenvalue weighted by molar-refractivity contribution is -0.136. The summed E-state index contributed by atoms with van der Waals surface area (Å²) in [6.45, 7) is 3.63. The molecule has 0 heterocycles. The van der Waals surface area contributed by atoms with Gasteiger partial charge in [-0.2, -0.15) is 0 Å². The largest absolute Gasteiger partial charge is 0.481 e. The molecule has 0 aromatic heterocycles. The molecule has 140 valence electrons. The normalized spacial score (nSPS) is 13.1. The molecule has 0 aromatic carbocycles. The van der Waals surface area contributed by atoms with E-state index in [1.165, 1.54) is 0 Å². The van der Waals surface area contributed by atoms with Gasteiger partial charge in [0, 0.05) is 0 Å². The Kier molecular flexibility index (Phi) is 18.4. The van der Waals surface area contributed by atoms with Crippen LogP contribution < -0.4 is 0 Å². The first-order valence-corrected chi connectivity index (χ1v) is 9.16. The van der Waals surface area contributed by atoms with E-state index in [1.807, 2.05) is 18.2 Å². The van der Waals surface area contributed by atoms with Crippen molar-refractivity contribution in [2.24, 2.45) is 0 Å². The van der Waals surface area contributed by atoms with Crippen LogP contribution in [-0.2, 0) is 4.79 Å². The second kappa shape index (κ2) is 20.4. The number of carboxylic acids is 1. The van der Waals surface area contributed by atoms with Crippen LogP contribution in [0.25, 0.3) is 0 Å². The third kappa shape index (κ3) is 21.4. The first-order valence-electron chi connectivity index (χ1n) is 9.16. The van der Waals surface area contributed by atoms with Crippen LogP contribution >= 0.6 is 0 Å². The molecule has 0 fully saturated rings. The van der Waals surface area contributed by atoms with Gasteiger partial charge in [-0.1, -0.05) is 97.7 Å². The van der Waals surface area contributed by atoms with Gasteiger partial charge in [-0.05, 0) is 38.5 Å². The number of carbonyl (C=O) groups is 1. The number of hydrogen-bond donors (Lipinski definition) is 1. The molecular formula is C24H32O2. The van der Waals surface area contributed by atoms with E-state index >= 15 is 0 Å². The fraction of sp³-hybridized carbons (Fsp3) is 0.292. The monoisotopic (exact) mass is 352 g/mol. The highest BCUT2D eigenvalue weighted by atomic mass is 16.4. The van der Waals surface area contributed by atoms with Gasteiger partial charge in [-0.3, -0.25) is 4.79 Å². The predicted octanol–water partition coefficient (Wildman–Crippen LogP) is 6.88. The molecule has 0 bridgehead atoms. The maximum absolute atomic E-state index is 10.3. The number of aliphatic carboxylic acids is 1. The minimum absolute atomic E-state index is 0.0969. The zero-order valence-corrected chi connectivity index (χ0v) is 15.7. The minimum Gasteiger partial charge on any atom is -0.481 e. The number of rotatable bonds is 15. The third-order valence-corrected chi connectivity index (χ3v) is 3.20. The van der Waals surface area contributed by atoms with Gasteiger partial charge in [-0.25, -0.2) is 0 Å². The quantitative estimate of drug-likeness (QED) is 0.257. The maximum atomic E-state index is 10.3. The molecule has 0 saturated carbocycles. The van der Waals surface area contributed by atoms with Gasteiger partial charge >= 0.3 is 5.97 Å². The van der Waals surface area contributed by atoms with Crippen molar-refractivity contribution in [3.63, 3.8) is 0 Å². The van der Waals surface area contributed by atoms with Crippen LogP contribution in [0.5, 0.6) is 0 Å². The second-order valence-corrected chi connectivity index (χ2v) is 5.50. The minimum atomic E-state index is -0.791. The molecule has 0 saturated heterocycles. The summed E-state index contributed by atoms with van der Waals surface area (Å²) in [5, 5.41) is 8.48. The van der Waals surface area contributed by atoms with Crippen molar-refractivity contribution in [2.75, 3.05) is 0 Å². The van der Waals surface area contributed by atoms with Crippen molar-refractivity contribution in [1.82, 2.24) is 0 Å². The number of allylic oxidation sites excluding steroid dienone is 14. The van der Waals surface area contributed by atoms with Gasteiger partial charge in [0.25, 0.3) is 0 Å². The van der Waals surface area contributed by atoms with Crippen LogP contribution in [-0.4, -0.2) is 11.1 Å². The lowest BCUT2D eigenvalue weighted by Crippen LogP contribution is -1.89. The second-order valence-electron chi connectivity index (χ2n) is 5.50. The van der Waals surface area contributed by atoms with Crippen molar-refractivity contribution in [2.45, 2.75) is 44.9 Å². The molecule has 0 rings (SSSR count). The van der Waals surface area contributed by atoms with Crippen molar-refractivity contribution >= 4 is 5.97 Å². The highest BCUT2D eigenvalue weighted by molar-refractivity contribution is 5.68. The molecule has 0 unspecified atom stereocenters. The standard InChI is InChI=1S/C24H32O2/c1-2-3-4-5-6-7-8-9-10-11-12-13-14-15-16-17-18-19-20-21-22-23-24(25)26/h2-4,6-7,9-10,12-13,15-16,18-19,21-22H,1,5,8,11,14,17,20,23H2,(H,25,26). The zero-order valence-electron chi connectivity index (χ0n) is 15.7. The molecule has 0 spiro atoms. The Bertz CT molecular complexity index is 555. The van der Waals surface area contributed by atoms with Crippen molar-refractivity contribution in [1.29, 1.82) is 0 Å². The molecule has 0 radical (unpaired) electrons. The zero-order chi connectivity index (χ0) is 19.1. The van der Waals surface area contributed by atoms with Gasteiger partial charge in [0.05, 0.1) is 6.42 Å². The molecule has 1 N–H and O–H groups in total. The van der Waals surface area contributed by atoms with Gasteiger partial charge in [0.2, 0.25) is 0 Å². The Labute approximate surface area is 159 Å². The SMILES string of the molecule is C=CC=CCC=CCC=CCC=CCC=CCC=CCC=CCC(=O)O. The molecule has 0 amide bonds. The van der Waals surface area contributed by atoms with Crippen LogP contribution in [0, 0.1) is 0 Å². The molecule has 26 heavy (non-hydrogen) atoms. The predicted molar refractivity (Wildman–Crippen MR) is 114 cm³/mol. The summed E-state index contributed by atoms with van der Waals surface area (Å²) in [5.74, 6) is -0.791. The van der Waals surface area contributed by atoms with E-state index in [4.69, 9.17) is 5.11 Å². The summed E-state index contributed by atoms with van der Waals surface area (Å²) in [5.41, 5.74) is 0. The summed E-state index contributed by atoms with van der Waals surface area (Å²) in [6.07, 6.45) is 36.5. The van der Waals surface area contributed by atoms with Crippen LogP contribution in [0.15, 0.2) is 97.7 Å². The van der Waals surface area contributed by atoms with Crippen LogP contribution in [0.1, 0.15) is 44.9 Å². The number of carboxylic acid groups (broad SMARTS) is 1. The van der Waals surface area contributed by atoms with Crippen LogP contribution in [0.3, 0.4) is 0 Å². The highest BCUT2D eigenvalue weighted by Gasteiger charge is 1.87. The summed E-state index contributed by atoms with van der Waals surface area (Å²) < 4.78 is 0. The lowest BCUT2D eigenvalue weighted by Gasteiger charge is -1.86. The molecule has 0 aromatic rings. The fourth-order valence-corrected chi connectivity index (χ4v) is 1.89. The number of hydrogen-bond acceptors (Lipinski definition) is 1. The van der Waals surface area contributed by atoms with Crippen LogP contribution in [0.2, 0.25) is 0 Å². The average Bonchev–Trinajstić information content (AvgIpc) is 2.62. The Morgan fingerprint density at radius 1 is 0.577 bits per heavy atom. The Hall–Kier alpha value is -2.61. The molecule has 0 aliphatic heterocycles. The maximum Gasteiger partial charge on any atom is 0.307 e. The highest BCUT2D eigenvalue weighted by Crippen LogP contribution is 1.97. The first kappa shape index (κ1) is 23.4. The lowest BCUT2D eigenvalue weighted by atomic mass is 10.2. The molecule has 0 atom stereocenters. The van der Waals surface area contributed by atoms with Crippen molar-refractivity contribution in [3.8, 4) is 0 Å². The third-order valence-electron chi connectivity index (χ3n) is 3.20. The van der Waals surface area contributed by atoms with Gasteiger partial charge in [-0.15, -0.1) is 0 Å². The van der Waals surface area contributed by atoms with E-state index in [1.54, 1.807) is 12.2 Å². The van der Waals surface area contributed by atoms with E-state index in [0.29, 0.717) is 0 Å². The van der Waals surface area contributed by atoms with E-state index in [-0.39, 0.29) is 6.42 Å². The Morgan fingerprint density at radius 3 is 1.19 bits per heavy atom. The summed E-state index contributed by atoms with van der Waals surface area (Å²) >= 11 is 0. The van der Waals surface area contributed by atoms with E-state index in [2.05, 4.69) is 67.3 Å². The summed E-state index contributed by atoms with van der Waals surface area (Å²) in [7, 11) is 0. The van der Waals surface area contributed by atoms with Gasteiger partial charge in [0.1, 0.15) is 0 Å². The Balaban J connectivity index is 3.56. The smallest absolute Gasteiger partial charge is 0.307 e. The first-order chi connectivity index (χ1) is 12.8. The van der Waals surface area contributed by atoms with E-state index < -0.39 is 5.97 Å². The molecule has 2 heteroatoms. The fourth-order valence-electron chi connectivity index (χ4n) is 1.89. The van der Waals surface area contributed by atoms with E-state index in [9.17, 15) is 4.79 Å².